The molecule has 1 heterocycles. The monoisotopic (exact) mass is 440 g/mol. The molecule has 1 aromatic heterocycles. The lowest BCUT2D eigenvalue weighted by molar-refractivity contribution is 0.285. The average molecular weight is 441 g/mol. The number of aromatic amines is 1. The molecule has 0 unspecified atom stereocenters. The van der Waals surface area contributed by atoms with Crippen LogP contribution < -0.4 is 20.8 Å². The summed E-state index contributed by atoms with van der Waals surface area (Å²) in [4.78, 5) is 14.5. The third-order valence-electron chi connectivity index (χ3n) is 4.35. The van der Waals surface area contributed by atoms with Gasteiger partial charge in [0.25, 0.3) is 5.56 Å². The maximum absolute atomic E-state index is 12.2. The van der Waals surface area contributed by atoms with Gasteiger partial charge in [0.15, 0.2) is 11.5 Å². The van der Waals surface area contributed by atoms with E-state index in [9.17, 15) is 15.3 Å². The third-order valence-corrected chi connectivity index (χ3v) is 5.06. The van der Waals surface area contributed by atoms with Crippen LogP contribution in [-0.4, -0.2) is 12.1 Å². The van der Waals surface area contributed by atoms with Crippen LogP contribution in [0.1, 0.15) is 16.7 Å². The molecule has 0 saturated carbocycles. The Morgan fingerprint density at radius 2 is 1.73 bits per heavy atom. The fourth-order valence-electron chi connectivity index (χ4n) is 2.90. The molecule has 0 bridgehead atoms. The number of hydrogen-bond acceptors (Lipinski definition) is 6. The number of pyridine rings is 1. The fraction of sp³-hybridized carbons (Fsp3) is 0.0952. The summed E-state index contributed by atoms with van der Waals surface area (Å²) in [6, 6.07) is 13.6. The minimum Gasteiger partial charge on any atom is -0.493 e. The second-order valence-electron chi connectivity index (χ2n) is 6.07. The molecule has 9 heteroatoms. The zero-order valence-electron chi connectivity index (χ0n) is 15.6. The van der Waals surface area contributed by atoms with Crippen molar-refractivity contribution < 1.29 is 9.47 Å². The van der Waals surface area contributed by atoms with E-state index in [1.54, 1.807) is 36.4 Å². The molecular formula is C21H14Cl2N4O3. The van der Waals surface area contributed by atoms with Crippen LogP contribution >= 0.6 is 23.2 Å². The quantitative estimate of drug-likeness (QED) is 0.610. The minimum atomic E-state index is -0.690. The van der Waals surface area contributed by atoms with E-state index in [-0.39, 0.29) is 29.1 Å². The molecular weight excluding hydrogens is 427 g/mol. The number of methoxy groups -OCH3 is 1. The Balaban J connectivity index is 2.12. The van der Waals surface area contributed by atoms with Crippen LogP contribution in [0.5, 0.6) is 11.5 Å². The summed E-state index contributed by atoms with van der Waals surface area (Å²) in [7, 11) is 1.47. The van der Waals surface area contributed by atoms with Crippen LogP contribution in [0.2, 0.25) is 10.0 Å². The molecule has 0 aliphatic heterocycles. The maximum atomic E-state index is 12.2. The third kappa shape index (κ3) is 3.90. The number of benzene rings is 2. The number of rotatable bonds is 5. The molecule has 0 fully saturated rings. The summed E-state index contributed by atoms with van der Waals surface area (Å²) in [6.07, 6.45) is 0. The van der Waals surface area contributed by atoms with Crippen LogP contribution in [0, 0.1) is 22.7 Å². The van der Waals surface area contributed by atoms with Gasteiger partial charge in [0.05, 0.1) is 7.11 Å². The molecule has 0 amide bonds. The topological polar surface area (TPSA) is 125 Å². The summed E-state index contributed by atoms with van der Waals surface area (Å²) >= 11 is 12.4. The first-order valence-electron chi connectivity index (χ1n) is 8.51. The van der Waals surface area contributed by atoms with Crippen molar-refractivity contribution in [3.8, 4) is 34.8 Å². The molecule has 150 valence electrons. The second-order valence-corrected chi connectivity index (χ2v) is 6.89. The number of anilines is 1. The van der Waals surface area contributed by atoms with E-state index in [0.717, 1.165) is 0 Å². The van der Waals surface area contributed by atoms with E-state index < -0.39 is 5.56 Å². The lowest BCUT2D eigenvalue weighted by Crippen LogP contribution is -2.16. The number of aromatic nitrogens is 1. The van der Waals surface area contributed by atoms with Gasteiger partial charge in [0.1, 0.15) is 35.7 Å². The fourth-order valence-corrected chi connectivity index (χ4v) is 3.40. The van der Waals surface area contributed by atoms with Gasteiger partial charge in [-0.2, -0.15) is 10.5 Å². The first-order valence-corrected chi connectivity index (χ1v) is 9.26. The van der Waals surface area contributed by atoms with Crippen LogP contribution in [-0.2, 0) is 6.61 Å². The first kappa shape index (κ1) is 21.1. The molecule has 2 aromatic carbocycles. The summed E-state index contributed by atoms with van der Waals surface area (Å²) in [5.74, 6) is 0.576. The Kier molecular flexibility index (Phi) is 6.17. The standard InChI is InChI=1S/C21H14Cl2N4O3/c1-29-17-6-5-11(19-12(8-24)20(26)27-21(28)13(19)9-25)7-18(17)30-10-14-15(22)3-2-4-16(14)23/h2-7H,10H2,1H3,(H3,26,27,28). The average Bonchev–Trinajstić information content (AvgIpc) is 2.72. The van der Waals surface area contributed by atoms with Gasteiger partial charge in [-0.15, -0.1) is 0 Å². The SMILES string of the molecule is COc1ccc(-c2c(C#N)c(N)[nH]c(=O)c2C#N)cc1OCc1c(Cl)cccc1Cl. The van der Waals surface area contributed by atoms with Crippen LogP contribution in [0.4, 0.5) is 5.82 Å². The Bertz CT molecular complexity index is 1250. The normalized spacial score (nSPS) is 10.2. The van der Waals surface area contributed by atoms with Gasteiger partial charge < -0.3 is 20.2 Å². The van der Waals surface area contributed by atoms with E-state index in [1.807, 2.05) is 12.1 Å². The van der Waals surface area contributed by atoms with Crippen LogP contribution in [0.15, 0.2) is 41.2 Å². The lowest BCUT2D eigenvalue weighted by Gasteiger charge is -2.15. The Morgan fingerprint density at radius 3 is 2.33 bits per heavy atom. The lowest BCUT2D eigenvalue weighted by atomic mass is 9.96. The van der Waals surface area contributed by atoms with Crippen molar-refractivity contribution in [1.29, 1.82) is 10.5 Å². The van der Waals surface area contributed by atoms with Crippen LogP contribution in [0.25, 0.3) is 11.1 Å². The molecule has 0 aliphatic carbocycles. The Morgan fingerprint density at radius 1 is 1.07 bits per heavy atom. The zero-order chi connectivity index (χ0) is 21.8. The predicted molar refractivity (Wildman–Crippen MR) is 114 cm³/mol. The minimum absolute atomic E-state index is 0.0172. The highest BCUT2D eigenvalue weighted by Crippen LogP contribution is 2.36. The molecule has 0 radical (unpaired) electrons. The molecule has 7 nitrogen and oxygen atoms in total. The van der Waals surface area contributed by atoms with E-state index in [1.165, 1.54) is 7.11 Å². The largest absolute Gasteiger partial charge is 0.493 e. The van der Waals surface area contributed by atoms with Crippen molar-refractivity contribution in [2.45, 2.75) is 6.61 Å². The number of hydrogen-bond donors (Lipinski definition) is 2. The summed E-state index contributed by atoms with van der Waals surface area (Å²) < 4.78 is 11.2. The molecule has 30 heavy (non-hydrogen) atoms. The van der Waals surface area contributed by atoms with Gasteiger partial charge in [0, 0.05) is 21.2 Å². The van der Waals surface area contributed by atoms with Gasteiger partial charge >= 0.3 is 0 Å². The highest BCUT2D eigenvalue weighted by atomic mass is 35.5. The van der Waals surface area contributed by atoms with E-state index in [0.29, 0.717) is 32.7 Å². The van der Waals surface area contributed by atoms with Crippen molar-refractivity contribution >= 4 is 29.0 Å². The van der Waals surface area contributed by atoms with Gasteiger partial charge in [-0.25, -0.2) is 0 Å². The van der Waals surface area contributed by atoms with Gasteiger partial charge in [-0.1, -0.05) is 35.3 Å². The van der Waals surface area contributed by atoms with Crippen molar-refractivity contribution in [3.63, 3.8) is 0 Å². The number of nitrogens with zero attached hydrogens (tertiary/aromatic N) is 2. The summed E-state index contributed by atoms with van der Waals surface area (Å²) in [5, 5.41) is 19.8. The number of H-pyrrole nitrogens is 1. The van der Waals surface area contributed by atoms with Crippen molar-refractivity contribution in [3.05, 3.63) is 73.5 Å². The smallest absolute Gasteiger partial charge is 0.268 e. The van der Waals surface area contributed by atoms with E-state index >= 15 is 0 Å². The first-order chi connectivity index (χ1) is 14.4. The Labute approximate surface area is 181 Å². The zero-order valence-corrected chi connectivity index (χ0v) is 17.1. The maximum Gasteiger partial charge on any atom is 0.268 e. The number of halogens is 2. The second kappa shape index (κ2) is 8.79. The predicted octanol–water partition coefficient (Wildman–Crippen LogP) is 4.26. The van der Waals surface area contributed by atoms with Gasteiger partial charge in [-0.3, -0.25) is 4.79 Å². The van der Waals surface area contributed by atoms with E-state index in [4.69, 9.17) is 38.4 Å². The number of nitrogens with two attached hydrogens (primary N) is 1. The number of nitrogen functional groups attached to an aromatic ring is 1. The number of nitriles is 2. The summed E-state index contributed by atoms with van der Waals surface area (Å²) in [6.45, 7) is 0.0477. The number of nitrogens with one attached hydrogen (secondary N) is 1. The van der Waals surface area contributed by atoms with Crippen molar-refractivity contribution in [2.75, 3.05) is 12.8 Å². The van der Waals surface area contributed by atoms with Gasteiger partial charge in [-0.05, 0) is 29.8 Å². The molecule has 0 saturated heterocycles. The highest BCUT2D eigenvalue weighted by molar-refractivity contribution is 6.35. The van der Waals surface area contributed by atoms with Gasteiger partial charge in [0.2, 0.25) is 0 Å². The van der Waals surface area contributed by atoms with Crippen molar-refractivity contribution in [2.24, 2.45) is 0 Å². The van der Waals surface area contributed by atoms with E-state index in [2.05, 4.69) is 4.98 Å². The van der Waals surface area contributed by atoms with Crippen LogP contribution in [0.3, 0.4) is 0 Å². The molecule has 3 aromatic rings. The van der Waals surface area contributed by atoms with Crippen molar-refractivity contribution in [1.82, 2.24) is 4.98 Å². The molecule has 3 rings (SSSR count). The number of ether oxygens (including phenoxy) is 2. The summed E-state index contributed by atoms with van der Waals surface area (Å²) in [5.41, 5.74) is 5.94. The molecule has 3 N–H and O–H groups in total. The molecule has 0 aliphatic rings. The molecule has 0 atom stereocenters. The highest BCUT2D eigenvalue weighted by Gasteiger charge is 2.20. The molecule has 0 spiro atoms. The Hall–Kier alpha value is -3.65.